The zero-order valence-corrected chi connectivity index (χ0v) is 12.6. The lowest BCUT2D eigenvalue weighted by Gasteiger charge is -2.13. The second-order valence-electron chi connectivity index (χ2n) is 4.73. The minimum absolute atomic E-state index is 0.161. The van der Waals surface area contributed by atoms with E-state index in [9.17, 15) is 0 Å². The lowest BCUT2D eigenvalue weighted by Crippen LogP contribution is -2.08. The maximum Gasteiger partial charge on any atom is 0.163 e. The fourth-order valence-corrected chi connectivity index (χ4v) is 2.63. The maximum absolute atomic E-state index is 4.58. The minimum atomic E-state index is 0.161. The Morgan fingerprint density at radius 2 is 2.10 bits per heavy atom. The van der Waals surface area contributed by atoms with E-state index in [0.29, 0.717) is 5.82 Å². The molecular formula is C15H15N5S. The van der Waals surface area contributed by atoms with Gasteiger partial charge in [-0.2, -0.15) is 0 Å². The Bertz CT molecular complexity index is 712. The molecule has 0 amide bonds. The van der Waals surface area contributed by atoms with Crippen molar-refractivity contribution in [2.24, 2.45) is 0 Å². The molecule has 3 rings (SSSR count). The van der Waals surface area contributed by atoms with E-state index in [2.05, 4.69) is 32.2 Å². The van der Waals surface area contributed by atoms with Crippen molar-refractivity contribution in [2.75, 3.05) is 5.32 Å². The van der Waals surface area contributed by atoms with Crippen LogP contribution in [0.15, 0.2) is 42.3 Å². The first-order chi connectivity index (χ1) is 10.2. The fraction of sp³-hybridized carbons (Fsp3) is 0.200. The number of aryl methyl sites for hydroxylation is 1. The SMILES string of the molecule is Cc1cc(N[C@@H](C)c2cncs2)nc(-c2cccnc2)n1. The minimum Gasteiger partial charge on any atom is -0.363 e. The van der Waals surface area contributed by atoms with E-state index >= 15 is 0 Å². The van der Waals surface area contributed by atoms with E-state index in [4.69, 9.17) is 0 Å². The summed E-state index contributed by atoms with van der Waals surface area (Å²) in [7, 11) is 0. The van der Waals surface area contributed by atoms with E-state index in [1.54, 1.807) is 23.7 Å². The summed E-state index contributed by atoms with van der Waals surface area (Å²) in [5.41, 5.74) is 3.66. The number of pyridine rings is 1. The van der Waals surface area contributed by atoms with Crippen molar-refractivity contribution >= 4 is 17.2 Å². The largest absolute Gasteiger partial charge is 0.363 e. The molecule has 0 saturated heterocycles. The van der Waals surface area contributed by atoms with Crippen LogP contribution >= 0.6 is 11.3 Å². The third-order valence-electron chi connectivity index (χ3n) is 3.02. The molecule has 0 aliphatic heterocycles. The van der Waals surface area contributed by atoms with Crippen molar-refractivity contribution in [1.29, 1.82) is 0 Å². The molecule has 1 N–H and O–H groups in total. The average molecular weight is 297 g/mol. The van der Waals surface area contributed by atoms with Crippen molar-refractivity contribution in [3.8, 4) is 11.4 Å². The van der Waals surface area contributed by atoms with Gasteiger partial charge in [0, 0.05) is 40.8 Å². The number of anilines is 1. The van der Waals surface area contributed by atoms with Gasteiger partial charge in [0.15, 0.2) is 5.82 Å². The summed E-state index contributed by atoms with van der Waals surface area (Å²) in [5, 5.41) is 3.39. The molecule has 0 radical (unpaired) electrons. The highest BCUT2D eigenvalue weighted by Crippen LogP contribution is 2.23. The van der Waals surface area contributed by atoms with Gasteiger partial charge in [-0.15, -0.1) is 11.3 Å². The Kier molecular flexibility index (Phi) is 3.87. The van der Waals surface area contributed by atoms with Crippen LogP contribution in [0.1, 0.15) is 23.5 Å². The Morgan fingerprint density at radius 1 is 1.19 bits per heavy atom. The molecule has 5 nitrogen and oxygen atoms in total. The van der Waals surface area contributed by atoms with E-state index in [1.807, 2.05) is 36.8 Å². The van der Waals surface area contributed by atoms with Crippen LogP contribution in [0, 0.1) is 6.92 Å². The summed E-state index contributed by atoms with van der Waals surface area (Å²) in [5.74, 6) is 1.49. The van der Waals surface area contributed by atoms with Gasteiger partial charge in [-0.05, 0) is 26.0 Å². The normalized spacial score (nSPS) is 12.1. The number of thiazole rings is 1. The smallest absolute Gasteiger partial charge is 0.163 e. The average Bonchev–Trinajstić information content (AvgIpc) is 3.02. The first-order valence-corrected chi connectivity index (χ1v) is 7.51. The van der Waals surface area contributed by atoms with Gasteiger partial charge < -0.3 is 5.32 Å². The topological polar surface area (TPSA) is 63.6 Å². The van der Waals surface area contributed by atoms with Gasteiger partial charge in [-0.25, -0.2) is 9.97 Å². The predicted octanol–water partition coefficient (Wildman–Crippen LogP) is 3.48. The van der Waals surface area contributed by atoms with Crippen molar-refractivity contribution in [3.63, 3.8) is 0 Å². The van der Waals surface area contributed by atoms with Crippen molar-refractivity contribution in [1.82, 2.24) is 19.9 Å². The molecule has 0 spiro atoms. The highest BCUT2D eigenvalue weighted by atomic mass is 32.1. The second kappa shape index (κ2) is 5.97. The summed E-state index contributed by atoms with van der Waals surface area (Å²) < 4.78 is 0. The van der Waals surface area contributed by atoms with Crippen molar-refractivity contribution in [3.05, 3.63) is 52.9 Å². The standard InChI is InChI=1S/C15H15N5S/c1-10-6-14(19-11(2)13-8-17-9-21-13)20-15(18-10)12-4-3-5-16-7-12/h3-9,11H,1-2H3,(H,18,19,20)/t11-/m0/s1. The molecule has 0 saturated carbocycles. The number of aromatic nitrogens is 4. The summed E-state index contributed by atoms with van der Waals surface area (Å²) in [6.07, 6.45) is 5.38. The summed E-state index contributed by atoms with van der Waals surface area (Å²) >= 11 is 1.63. The van der Waals surface area contributed by atoms with Crippen LogP contribution in [0.5, 0.6) is 0 Å². The first-order valence-electron chi connectivity index (χ1n) is 6.63. The molecular weight excluding hydrogens is 282 g/mol. The molecule has 1 atom stereocenters. The van der Waals surface area contributed by atoms with E-state index in [-0.39, 0.29) is 6.04 Å². The van der Waals surface area contributed by atoms with Crippen LogP contribution < -0.4 is 5.32 Å². The van der Waals surface area contributed by atoms with Gasteiger partial charge in [-0.3, -0.25) is 9.97 Å². The van der Waals surface area contributed by atoms with Crippen molar-refractivity contribution < 1.29 is 0 Å². The Hall–Kier alpha value is -2.34. The van der Waals surface area contributed by atoms with Crippen LogP contribution in [0.25, 0.3) is 11.4 Å². The Balaban J connectivity index is 1.88. The number of rotatable bonds is 4. The lowest BCUT2D eigenvalue weighted by atomic mass is 10.2. The molecule has 0 aliphatic carbocycles. The van der Waals surface area contributed by atoms with Crippen LogP contribution in [0.2, 0.25) is 0 Å². The molecule has 0 bridgehead atoms. The number of nitrogens with zero attached hydrogens (tertiary/aromatic N) is 4. The van der Waals surface area contributed by atoms with E-state index in [1.165, 1.54) is 4.88 Å². The molecule has 3 aromatic rings. The van der Waals surface area contributed by atoms with Gasteiger partial charge >= 0.3 is 0 Å². The quantitative estimate of drug-likeness (QED) is 0.798. The maximum atomic E-state index is 4.58. The summed E-state index contributed by atoms with van der Waals surface area (Å²) in [6, 6.07) is 5.94. The molecule has 6 heteroatoms. The second-order valence-corrected chi connectivity index (χ2v) is 5.65. The van der Waals surface area contributed by atoms with Crippen molar-refractivity contribution in [2.45, 2.75) is 19.9 Å². The van der Waals surface area contributed by atoms with Gasteiger partial charge in [0.1, 0.15) is 5.82 Å². The zero-order valence-electron chi connectivity index (χ0n) is 11.8. The molecule has 0 aromatic carbocycles. The highest BCUT2D eigenvalue weighted by molar-refractivity contribution is 7.09. The molecule has 3 aromatic heterocycles. The molecule has 3 heterocycles. The highest BCUT2D eigenvalue weighted by Gasteiger charge is 2.10. The van der Waals surface area contributed by atoms with Crippen LogP contribution in [0.3, 0.4) is 0 Å². The van der Waals surface area contributed by atoms with Gasteiger partial charge in [0.05, 0.1) is 11.6 Å². The summed E-state index contributed by atoms with van der Waals surface area (Å²) in [4.78, 5) is 18.4. The zero-order chi connectivity index (χ0) is 14.7. The fourth-order valence-electron chi connectivity index (χ4n) is 2.00. The van der Waals surface area contributed by atoms with Gasteiger partial charge in [0.2, 0.25) is 0 Å². The van der Waals surface area contributed by atoms with Crippen LogP contribution in [-0.2, 0) is 0 Å². The van der Waals surface area contributed by atoms with E-state index < -0.39 is 0 Å². The molecule has 0 aliphatic rings. The summed E-state index contributed by atoms with van der Waals surface area (Å²) in [6.45, 7) is 4.05. The first kappa shape index (κ1) is 13.6. The number of hydrogen-bond donors (Lipinski definition) is 1. The molecule has 106 valence electrons. The Morgan fingerprint density at radius 3 is 2.81 bits per heavy atom. The third kappa shape index (κ3) is 3.22. The van der Waals surface area contributed by atoms with Gasteiger partial charge in [-0.1, -0.05) is 0 Å². The van der Waals surface area contributed by atoms with Crippen LogP contribution in [-0.4, -0.2) is 19.9 Å². The van der Waals surface area contributed by atoms with E-state index in [0.717, 1.165) is 17.1 Å². The molecule has 0 fully saturated rings. The van der Waals surface area contributed by atoms with Gasteiger partial charge in [0.25, 0.3) is 0 Å². The number of nitrogens with one attached hydrogen (secondary N) is 1. The third-order valence-corrected chi connectivity index (χ3v) is 3.97. The molecule has 21 heavy (non-hydrogen) atoms. The monoisotopic (exact) mass is 297 g/mol. The number of hydrogen-bond acceptors (Lipinski definition) is 6. The Labute approximate surface area is 127 Å². The predicted molar refractivity (Wildman–Crippen MR) is 84.2 cm³/mol. The lowest BCUT2D eigenvalue weighted by molar-refractivity contribution is 0.888. The molecule has 0 unspecified atom stereocenters. The van der Waals surface area contributed by atoms with Crippen LogP contribution in [0.4, 0.5) is 5.82 Å².